The molecule has 28 heavy (non-hydrogen) atoms. The Morgan fingerprint density at radius 1 is 0.393 bits per heavy atom. The van der Waals surface area contributed by atoms with E-state index in [2.05, 4.69) is 115 Å². The van der Waals surface area contributed by atoms with Crippen molar-refractivity contribution in [1.82, 2.24) is 0 Å². The first-order chi connectivity index (χ1) is 13.9. The molecule has 0 amide bonds. The summed E-state index contributed by atoms with van der Waals surface area (Å²) in [6, 6.07) is 38.9. The third-order valence-corrected chi connectivity index (χ3v) is 5.26. The topological polar surface area (TPSA) is 0 Å². The summed E-state index contributed by atoms with van der Waals surface area (Å²) in [6.45, 7) is 0. The summed E-state index contributed by atoms with van der Waals surface area (Å²) < 4.78 is 0. The molecule has 0 aliphatic heterocycles. The molecule has 5 aromatic rings. The summed E-state index contributed by atoms with van der Waals surface area (Å²) in [6.07, 6.45) is 4.37. The average molecular weight is 356 g/mol. The minimum atomic E-state index is 1.21. The van der Waals surface area contributed by atoms with Gasteiger partial charge in [-0.05, 0) is 49.9 Å². The number of benzene rings is 5. The maximum Gasteiger partial charge on any atom is -0.00995 e. The molecule has 0 heterocycles. The van der Waals surface area contributed by atoms with Gasteiger partial charge in [-0.25, -0.2) is 0 Å². The van der Waals surface area contributed by atoms with Crippen LogP contribution in [0.2, 0.25) is 0 Å². The number of hydrogen-bond acceptors (Lipinski definition) is 0. The van der Waals surface area contributed by atoms with Crippen LogP contribution < -0.4 is 0 Å². The number of fused-ring (bicyclic) bond motifs is 3. The predicted molar refractivity (Wildman–Crippen MR) is 122 cm³/mol. The SMILES string of the molecule is C(=C\c1ccc2ccc3ccccc3c2c1)/c1ccc(-c2ccccc2)cc1. The Balaban J connectivity index is 1.46. The monoisotopic (exact) mass is 356 g/mol. The number of rotatable bonds is 3. The van der Waals surface area contributed by atoms with Gasteiger partial charge in [-0.1, -0.05) is 115 Å². The molecular formula is C28H20. The van der Waals surface area contributed by atoms with Crippen molar-refractivity contribution >= 4 is 33.7 Å². The van der Waals surface area contributed by atoms with Crippen LogP contribution in [-0.4, -0.2) is 0 Å². The molecule has 0 saturated carbocycles. The highest BCUT2D eigenvalue weighted by Crippen LogP contribution is 2.27. The summed E-state index contributed by atoms with van der Waals surface area (Å²) in [7, 11) is 0. The van der Waals surface area contributed by atoms with Crippen LogP contribution in [0.3, 0.4) is 0 Å². The first kappa shape index (κ1) is 16.5. The van der Waals surface area contributed by atoms with Gasteiger partial charge in [-0.2, -0.15) is 0 Å². The molecule has 0 heteroatoms. The van der Waals surface area contributed by atoms with Crippen molar-refractivity contribution in [2.75, 3.05) is 0 Å². The fourth-order valence-corrected chi connectivity index (χ4v) is 3.73. The standard InChI is InChI=1S/C28H20/c1-2-6-23(7-3-1)24-15-12-21(13-16-24)10-11-22-14-17-26-19-18-25-8-4-5-9-27(25)28(26)20-22/h1-20H/b11-10+. The minimum absolute atomic E-state index is 1.21. The zero-order valence-electron chi connectivity index (χ0n) is 15.5. The molecule has 0 saturated heterocycles. The van der Waals surface area contributed by atoms with Gasteiger partial charge >= 0.3 is 0 Å². The van der Waals surface area contributed by atoms with E-state index >= 15 is 0 Å². The lowest BCUT2D eigenvalue weighted by Crippen LogP contribution is -1.80. The van der Waals surface area contributed by atoms with E-state index in [1.54, 1.807) is 0 Å². The molecule has 0 unspecified atom stereocenters. The maximum atomic E-state index is 2.28. The molecule has 132 valence electrons. The fourth-order valence-electron chi connectivity index (χ4n) is 3.73. The summed E-state index contributed by atoms with van der Waals surface area (Å²) >= 11 is 0. The third kappa shape index (κ3) is 3.21. The number of hydrogen-bond donors (Lipinski definition) is 0. The van der Waals surface area contributed by atoms with Gasteiger partial charge < -0.3 is 0 Å². The summed E-state index contributed by atoms with van der Waals surface area (Å²) in [5.74, 6) is 0. The zero-order valence-corrected chi connectivity index (χ0v) is 15.5. The Hall–Kier alpha value is -3.64. The Bertz CT molecular complexity index is 1280. The van der Waals surface area contributed by atoms with Gasteiger partial charge in [0.25, 0.3) is 0 Å². The van der Waals surface area contributed by atoms with E-state index in [0.717, 1.165) is 0 Å². The molecule has 0 aliphatic carbocycles. The molecule has 0 spiro atoms. The van der Waals surface area contributed by atoms with Gasteiger partial charge in [-0.15, -0.1) is 0 Å². The Labute approximate surface area is 165 Å². The van der Waals surface area contributed by atoms with Crippen LogP contribution in [0.1, 0.15) is 11.1 Å². The van der Waals surface area contributed by atoms with Crippen molar-refractivity contribution in [3.63, 3.8) is 0 Å². The highest BCUT2D eigenvalue weighted by Gasteiger charge is 2.01. The Morgan fingerprint density at radius 3 is 1.79 bits per heavy atom. The summed E-state index contributed by atoms with van der Waals surface area (Å²) in [5, 5.41) is 5.18. The quantitative estimate of drug-likeness (QED) is 0.228. The lowest BCUT2D eigenvalue weighted by molar-refractivity contribution is 1.60. The van der Waals surface area contributed by atoms with E-state index < -0.39 is 0 Å². The van der Waals surface area contributed by atoms with E-state index in [1.165, 1.54) is 43.8 Å². The lowest BCUT2D eigenvalue weighted by atomic mass is 9.99. The van der Waals surface area contributed by atoms with Crippen LogP contribution in [0, 0.1) is 0 Å². The van der Waals surface area contributed by atoms with Crippen LogP contribution in [0.4, 0.5) is 0 Å². The molecule has 0 N–H and O–H groups in total. The normalized spacial score (nSPS) is 11.4. The third-order valence-electron chi connectivity index (χ3n) is 5.26. The van der Waals surface area contributed by atoms with E-state index in [4.69, 9.17) is 0 Å². The van der Waals surface area contributed by atoms with Crippen LogP contribution in [0.15, 0.2) is 109 Å². The molecule has 0 fully saturated rings. The molecule has 5 aromatic carbocycles. The average Bonchev–Trinajstić information content (AvgIpc) is 2.78. The molecule has 0 radical (unpaired) electrons. The van der Waals surface area contributed by atoms with Gasteiger partial charge in [-0.3, -0.25) is 0 Å². The molecule has 0 bridgehead atoms. The summed E-state index contributed by atoms with van der Waals surface area (Å²) in [5.41, 5.74) is 4.92. The van der Waals surface area contributed by atoms with Crippen LogP contribution in [-0.2, 0) is 0 Å². The first-order valence-corrected chi connectivity index (χ1v) is 9.62. The first-order valence-electron chi connectivity index (χ1n) is 9.62. The van der Waals surface area contributed by atoms with E-state index in [9.17, 15) is 0 Å². The van der Waals surface area contributed by atoms with Crippen LogP contribution >= 0.6 is 0 Å². The Kier molecular flexibility index (Phi) is 4.23. The zero-order chi connectivity index (χ0) is 18.8. The molecule has 0 aliphatic rings. The second-order valence-electron chi connectivity index (χ2n) is 7.09. The van der Waals surface area contributed by atoms with Gasteiger partial charge in [0.05, 0.1) is 0 Å². The molecular weight excluding hydrogens is 336 g/mol. The predicted octanol–water partition coefficient (Wildman–Crippen LogP) is 7.83. The highest BCUT2D eigenvalue weighted by atomic mass is 14.0. The smallest absolute Gasteiger partial charge is 0.00995 e. The van der Waals surface area contributed by atoms with Crippen LogP contribution in [0.5, 0.6) is 0 Å². The fraction of sp³-hybridized carbons (Fsp3) is 0. The van der Waals surface area contributed by atoms with E-state index in [0.29, 0.717) is 0 Å². The van der Waals surface area contributed by atoms with Crippen molar-refractivity contribution in [3.8, 4) is 11.1 Å². The molecule has 0 nitrogen and oxygen atoms in total. The van der Waals surface area contributed by atoms with Crippen molar-refractivity contribution in [1.29, 1.82) is 0 Å². The van der Waals surface area contributed by atoms with Crippen molar-refractivity contribution < 1.29 is 0 Å². The van der Waals surface area contributed by atoms with Gasteiger partial charge in [0.15, 0.2) is 0 Å². The second-order valence-corrected chi connectivity index (χ2v) is 7.09. The van der Waals surface area contributed by atoms with E-state index in [-0.39, 0.29) is 0 Å². The summed E-state index contributed by atoms with van der Waals surface area (Å²) in [4.78, 5) is 0. The van der Waals surface area contributed by atoms with Crippen molar-refractivity contribution in [2.24, 2.45) is 0 Å². The Morgan fingerprint density at radius 2 is 0.964 bits per heavy atom. The minimum Gasteiger partial charge on any atom is -0.0622 e. The van der Waals surface area contributed by atoms with Gasteiger partial charge in [0, 0.05) is 0 Å². The molecule has 0 atom stereocenters. The van der Waals surface area contributed by atoms with Crippen molar-refractivity contribution in [3.05, 3.63) is 120 Å². The highest BCUT2D eigenvalue weighted by molar-refractivity contribution is 6.08. The van der Waals surface area contributed by atoms with Crippen LogP contribution in [0.25, 0.3) is 44.8 Å². The van der Waals surface area contributed by atoms with Gasteiger partial charge in [0.1, 0.15) is 0 Å². The van der Waals surface area contributed by atoms with Crippen molar-refractivity contribution in [2.45, 2.75) is 0 Å². The molecule has 5 rings (SSSR count). The molecule has 0 aromatic heterocycles. The van der Waals surface area contributed by atoms with Gasteiger partial charge in [0.2, 0.25) is 0 Å². The largest absolute Gasteiger partial charge is 0.0622 e. The second kappa shape index (κ2) is 7.17. The lowest BCUT2D eigenvalue weighted by Gasteiger charge is -2.05. The van der Waals surface area contributed by atoms with E-state index in [1.807, 2.05) is 6.07 Å². The maximum absolute atomic E-state index is 2.28.